The van der Waals surface area contributed by atoms with Crippen LogP contribution in [0, 0.1) is 0 Å². The van der Waals surface area contributed by atoms with Crippen molar-refractivity contribution in [1.29, 1.82) is 0 Å². The highest BCUT2D eigenvalue weighted by Gasteiger charge is 2.38. The Balaban J connectivity index is 3.30. The molecule has 1 heterocycles. The van der Waals surface area contributed by atoms with E-state index in [1.165, 1.54) is 0 Å². The monoisotopic (exact) mass is 230 g/mol. The van der Waals surface area contributed by atoms with E-state index < -0.39 is 29.3 Å². The highest BCUT2D eigenvalue weighted by atomic mass is 19.4. The van der Waals surface area contributed by atoms with Crippen molar-refractivity contribution in [2.75, 3.05) is 5.73 Å². The normalized spacial score (nSPS) is 12.9. The van der Waals surface area contributed by atoms with E-state index in [-0.39, 0.29) is 12.3 Å². The van der Waals surface area contributed by atoms with Crippen LogP contribution in [0.2, 0.25) is 0 Å². The Kier molecular flexibility index (Phi) is 2.54. The molecule has 0 unspecified atom stereocenters. The molecule has 1 aromatic heterocycles. The van der Waals surface area contributed by atoms with Crippen LogP contribution in [-0.2, 0) is 12.4 Å². The third kappa shape index (κ3) is 2.51. The highest BCUT2D eigenvalue weighted by Crippen LogP contribution is 2.36. The van der Waals surface area contributed by atoms with Gasteiger partial charge in [-0.25, -0.2) is 4.98 Å². The summed E-state index contributed by atoms with van der Waals surface area (Å²) in [7, 11) is 0. The van der Waals surface area contributed by atoms with Crippen molar-refractivity contribution in [2.45, 2.75) is 12.4 Å². The van der Waals surface area contributed by atoms with E-state index in [9.17, 15) is 26.3 Å². The van der Waals surface area contributed by atoms with Crippen molar-refractivity contribution in [1.82, 2.24) is 4.98 Å². The van der Waals surface area contributed by atoms with Crippen LogP contribution in [-0.4, -0.2) is 4.98 Å². The van der Waals surface area contributed by atoms with Crippen LogP contribution in [0.5, 0.6) is 0 Å². The van der Waals surface area contributed by atoms with Gasteiger partial charge in [0.05, 0.1) is 11.1 Å². The Morgan fingerprint density at radius 3 is 1.93 bits per heavy atom. The minimum atomic E-state index is -4.95. The van der Waals surface area contributed by atoms with Gasteiger partial charge >= 0.3 is 12.4 Å². The van der Waals surface area contributed by atoms with E-state index >= 15 is 0 Å². The molecule has 1 aromatic rings. The molecule has 15 heavy (non-hydrogen) atoms. The largest absolute Gasteiger partial charge is 0.419 e. The second-order valence-electron chi connectivity index (χ2n) is 2.65. The van der Waals surface area contributed by atoms with E-state index in [2.05, 4.69) is 4.98 Å². The summed E-state index contributed by atoms with van der Waals surface area (Å²) in [5, 5.41) is 0. The number of anilines is 1. The smallest absolute Gasteiger partial charge is 0.383 e. The van der Waals surface area contributed by atoms with Gasteiger partial charge in [-0.1, -0.05) is 0 Å². The summed E-state index contributed by atoms with van der Waals surface area (Å²) in [4.78, 5) is 2.85. The van der Waals surface area contributed by atoms with Crippen molar-refractivity contribution >= 4 is 5.82 Å². The zero-order chi connectivity index (χ0) is 11.9. The molecule has 0 radical (unpaired) electrons. The fourth-order valence-electron chi connectivity index (χ4n) is 0.857. The van der Waals surface area contributed by atoms with Crippen LogP contribution in [0.3, 0.4) is 0 Å². The Morgan fingerprint density at radius 1 is 1.00 bits per heavy atom. The predicted molar refractivity (Wildman–Crippen MR) is 38.7 cm³/mol. The van der Waals surface area contributed by atoms with Gasteiger partial charge in [0.1, 0.15) is 5.82 Å². The van der Waals surface area contributed by atoms with Gasteiger partial charge in [-0.2, -0.15) is 26.3 Å². The lowest BCUT2D eigenvalue weighted by Gasteiger charge is -2.12. The maximum Gasteiger partial charge on any atom is 0.419 e. The standard InChI is InChI=1S/C7H4F6N2/c8-6(9,10)3-1-4(7(11,12)13)5(14)15-2-3/h1-2H,(H2,14,15). The van der Waals surface area contributed by atoms with Gasteiger partial charge in [-0.15, -0.1) is 0 Å². The number of rotatable bonds is 0. The number of nitrogen functional groups attached to an aromatic ring is 1. The number of alkyl halides is 6. The van der Waals surface area contributed by atoms with Crippen molar-refractivity contribution in [3.63, 3.8) is 0 Å². The van der Waals surface area contributed by atoms with Crippen molar-refractivity contribution in [3.05, 3.63) is 23.4 Å². The molecule has 0 amide bonds. The Hall–Kier alpha value is -1.47. The van der Waals surface area contributed by atoms with Crippen LogP contribution in [0.1, 0.15) is 11.1 Å². The summed E-state index contributed by atoms with van der Waals surface area (Å²) in [5.74, 6) is -0.976. The summed E-state index contributed by atoms with van der Waals surface area (Å²) in [6, 6.07) is -0.0671. The molecule has 84 valence electrons. The number of hydrogen-bond donors (Lipinski definition) is 1. The minimum Gasteiger partial charge on any atom is -0.383 e. The number of nitrogens with two attached hydrogens (primary N) is 1. The lowest BCUT2D eigenvalue weighted by Crippen LogP contribution is -2.14. The van der Waals surface area contributed by atoms with Crippen LogP contribution in [0.15, 0.2) is 12.3 Å². The molecule has 2 N–H and O–H groups in total. The quantitative estimate of drug-likeness (QED) is 0.696. The van der Waals surface area contributed by atoms with Crippen LogP contribution < -0.4 is 5.73 Å². The van der Waals surface area contributed by atoms with Crippen molar-refractivity contribution < 1.29 is 26.3 Å². The average molecular weight is 230 g/mol. The zero-order valence-electron chi connectivity index (χ0n) is 6.95. The topological polar surface area (TPSA) is 38.9 Å². The van der Waals surface area contributed by atoms with E-state index in [1.54, 1.807) is 0 Å². The second kappa shape index (κ2) is 3.28. The maximum absolute atomic E-state index is 12.1. The second-order valence-corrected chi connectivity index (χ2v) is 2.65. The molecule has 0 aliphatic rings. The molecule has 2 nitrogen and oxygen atoms in total. The first-order valence-corrected chi connectivity index (χ1v) is 3.52. The lowest BCUT2D eigenvalue weighted by molar-refractivity contribution is -0.143. The van der Waals surface area contributed by atoms with Gasteiger partial charge in [-0.05, 0) is 6.07 Å². The van der Waals surface area contributed by atoms with E-state index in [0.29, 0.717) is 0 Å². The fourth-order valence-corrected chi connectivity index (χ4v) is 0.857. The first-order chi connectivity index (χ1) is 6.62. The van der Waals surface area contributed by atoms with Gasteiger partial charge in [-0.3, -0.25) is 0 Å². The molecule has 1 rings (SSSR count). The fraction of sp³-hybridized carbons (Fsp3) is 0.286. The van der Waals surface area contributed by atoms with Gasteiger partial charge in [0.15, 0.2) is 0 Å². The molecule has 0 aliphatic heterocycles. The van der Waals surface area contributed by atoms with E-state index in [1.807, 2.05) is 0 Å². The summed E-state index contributed by atoms with van der Waals surface area (Å²) in [5.41, 5.74) is 1.75. The lowest BCUT2D eigenvalue weighted by atomic mass is 10.2. The molecule has 0 aliphatic carbocycles. The van der Waals surface area contributed by atoms with Gasteiger partial charge in [0, 0.05) is 6.20 Å². The minimum absolute atomic E-state index is 0.0671. The zero-order valence-corrected chi connectivity index (χ0v) is 6.95. The first kappa shape index (κ1) is 11.6. The van der Waals surface area contributed by atoms with Crippen LogP contribution >= 0.6 is 0 Å². The molecular weight excluding hydrogens is 226 g/mol. The molecule has 0 saturated carbocycles. The number of halogens is 6. The van der Waals surface area contributed by atoms with Gasteiger partial charge in [0.2, 0.25) is 0 Å². The van der Waals surface area contributed by atoms with E-state index in [4.69, 9.17) is 5.73 Å². The summed E-state index contributed by atoms with van der Waals surface area (Å²) >= 11 is 0. The number of pyridine rings is 1. The Labute approximate surface area is 79.7 Å². The number of aromatic nitrogens is 1. The SMILES string of the molecule is Nc1ncc(C(F)(F)F)cc1C(F)(F)F. The number of nitrogens with zero attached hydrogens (tertiary/aromatic N) is 1. The first-order valence-electron chi connectivity index (χ1n) is 3.52. The summed E-state index contributed by atoms with van der Waals surface area (Å²) < 4.78 is 72.5. The predicted octanol–water partition coefficient (Wildman–Crippen LogP) is 2.70. The number of hydrogen-bond acceptors (Lipinski definition) is 2. The molecule has 0 bridgehead atoms. The summed E-state index contributed by atoms with van der Waals surface area (Å²) in [6.07, 6.45) is -9.57. The molecule has 0 atom stereocenters. The molecule has 0 spiro atoms. The van der Waals surface area contributed by atoms with Crippen LogP contribution in [0.4, 0.5) is 32.2 Å². The van der Waals surface area contributed by atoms with Crippen molar-refractivity contribution in [3.8, 4) is 0 Å². The molecular formula is C7H4F6N2. The van der Waals surface area contributed by atoms with Crippen molar-refractivity contribution in [2.24, 2.45) is 0 Å². The molecule has 0 saturated heterocycles. The average Bonchev–Trinajstić information content (AvgIpc) is 2.00. The van der Waals surface area contributed by atoms with E-state index in [0.717, 1.165) is 0 Å². The third-order valence-electron chi connectivity index (χ3n) is 1.55. The summed E-state index contributed by atoms with van der Waals surface area (Å²) in [6.45, 7) is 0. The van der Waals surface area contributed by atoms with Gasteiger partial charge < -0.3 is 5.73 Å². The molecule has 0 fully saturated rings. The van der Waals surface area contributed by atoms with Crippen LogP contribution in [0.25, 0.3) is 0 Å². The Morgan fingerprint density at radius 2 is 1.53 bits per heavy atom. The maximum atomic E-state index is 12.1. The molecule has 8 heteroatoms. The highest BCUT2D eigenvalue weighted by molar-refractivity contribution is 5.43. The van der Waals surface area contributed by atoms with Gasteiger partial charge in [0.25, 0.3) is 0 Å². The molecule has 0 aromatic carbocycles. The Bertz CT molecular complexity index is 367. The third-order valence-corrected chi connectivity index (χ3v) is 1.55.